The predicted octanol–water partition coefficient (Wildman–Crippen LogP) is 4.57. The van der Waals surface area contributed by atoms with Crippen molar-refractivity contribution in [3.8, 4) is 11.4 Å². The Kier molecular flexibility index (Phi) is 7.38. The number of benzene rings is 2. The van der Waals surface area contributed by atoms with Crippen molar-refractivity contribution < 1.29 is 22.7 Å². The van der Waals surface area contributed by atoms with Gasteiger partial charge in [-0.3, -0.25) is 4.79 Å². The first-order chi connectivity index (χ1) is 17.2. The van der Waals surface area contributed by atoms with Crippen LogP contribution in [0.25, 0.3) is 5.69 Å². The zero-order valence-corrected chi connectivity index (χ0v) is 19.9. The minimum atomic E-state index is -4.80. The second kappa shape index (κ2) is 10.6. The third kappa shape index (κ3) is 6.30. The van der Waals surface area contributed by atoms with Gasteiger partial charge in [0.1, 0.15) is 5.75 Å². The molecule has 13 heteroatoms. The molecular weight excluding hydrogens is 495 g/mol. The number of nitrogens with zero attached hydrogens (tertiary/aromatic N) is 6. The Morgan fingerprint density at radius 2 is 1.72 bits per heavy atom. The van der Waals surface area contributed by atoms with Gasteiger partial charge in [-0.25, -0.2) is 14.6 Å². The van der Waals surface area contributed by atoms with E-state index in [9.17, 15) is 18.0 Å². The van der Waals surface area contributed by atoms with Crippen LogP contribution in [0.2, 0.25) is 0 Å². The Labute approximate surface area is 208 Å². The van der Waals surface area contributed by atoms with E-state index in [1.54, 1.807) is 30.6 Å². The molecule has 0 atom stereocenters. The number of anilines is 2. The van der Waals surface area contributed by atoms with Crippen LogP contribution in [0.4, 0.5) is 24.5 Å². The predicted molar refractivity (Wildman–Crippen MR) is 128 cm³/mol. The number of aromatic nitrogens is 5. The highest BCUT2D eigenvalue weighted by Crippen LogP contribution is 2.27. The number of alkyl halides is 3. The second-order valence-corrected chi connectivity index (χ2v) is 8.50. The number of carbonyl (C=O) groups is 1. The molecule has 0 aliphatic heterocycles. The largest absolute Gasteiger partial charge is 0.573 e. The maximum absolute atomic E-state index is 13.1. The molecule has 4 aromatic rings. The van der Waals surface area contributed by atoms with Gasteiger partial charge in [0, 0.05) is 43.6 Å². The molecule has 186 valence electrons. The molecule has 0 spiro atoms. The van der Waals surface area contributed by atoms with E-state index in [1.807, 2.05) is 31.1 Å². The molecule has 2 aromatic carbocycles. The summed E-state index contributed by atoms with van der Waals surface area (Å²) in [5, 5.41) is 11.4. The van der Waals surface area contributed by atoms with Crippen molar-refractivity contribution in [1.82, 2.24) is 25.0 Å². The molecule has 4 rings (SSSR count). The van der Waals surface area contributed by atoms with Gasteiger partial charge in [-0.05, 0) is 54.6 Å². The maximum atomic E-state index is 13.1. The van der Waals surface area contributed by atoms with Crippen LogP contribution < -0.4 is 15.0 Å². The Bertz CT molecular complexity index is 1310. The number of rotatable bonds is 8. The van der Waals surface area contributed by atoms with E-state index in [4.69, 9.17) is 0 Å². The van der Waals surface area contributed by atoms with Crippen LogP contribution in [0.3, 0.4) is 0 Å². The van der Waals surface area contributed by atoms with Gasteiger partial charge in [-0.1, -0.05) is 17.0 Å². The summed E-state index contributed by atoms with van der Waals surface area (Å²) < 4.78 is 42.9. The lowest BCUT2D eigenvalue weighted by molar-refractivity contribution is -0.274. The minimum Gasteiger partial charge on any atom is -0.406 e. The summed E-state index contributed by atoms with van der Waals surface area (Å²) in [6.07, 6.45) is -1.62. The van der Waals surface area contributed by atoms with Gasteiger partial charge < -0.3 is 15.0 Å². The summed E-state index contributed by atoms with van der Waals surface area (Å²) in [5.41, 5.74) is 2.41. The van der Waals surface area contributed by atoms with Gasteiger partial charge in [0.05, 0.1) is 11.4 Å². The number of hydrogen-bond acceptors (Lipinski definition) is 8. The topological polar surface area (TPSA) is 98.1 Å². The summed E-state index contributed by atoms with van der Waals surface area (Å²) in [5.74, 6) is -0.639. The van der Waals surface area contributed by atoms with Crippen molar-refractivity contribution in [3.05, 3.63) is 78.4 Å². The minimum absolute atomic E-state index is 0.0609. The van der Waals surface area contributed by atoms with Gasteiger partial charge in [-0.15, -0.1) is 18.3 Å². The zero-order valence-electron chi connectivity index (χ0n) is 19.1. The Morgan fingerprint density at radius 1 is 1.06 bits per heavy atom. The first-order valence-electron chi connectivity index (χ1n) is 10.5. The van der Waals surface area contributed by atoms with Crippen LogP contribution in [0.15, 0.2) is 72.1 Å². The van der Waals surface area contributed by atoms with Crippen LogP contribution in [-0.4, -0.2) is 51.3 Å². The van der Waals surface area contributed by atoms with Crippen molar-refractivity contribution in [2.45, 2.75) is 17.3 Å². The average molecular weight is 516 g/mol. The molecule has 0 aliphatic carbocycles. The number of nitrogens with one attached hydrogen (secondary N) is 1. The van der Waals surface area contributed by atoms with Crippen molar-refractivity contribution in [3.63, 3.8) is 0 Å². The molecule has 0 aliphatic rings. The van der Waals surface area contributed by atoms with Crippen molar-refractivity contribution in [2.24, 2.45) is 0 Å². The molecule has 1 N–H and O–H groups in total. The van der Waals surface area contributed by atoms with E-state index in [1.165, 1.54) is 28.6 Å². The standard InChI is InChI=1S/C23H20F3N7O2S/c1-32(2)16-6-4-15(5-7-16)29-21(34)20-19(14-36-22-27-12-3-13-28-22)33(31-30-20)17-8-10-18(11-9-17)35-23(24,25)26/h3-13H,14H2,1-2H3,(H,29,34). The Hall–Kier alpha value is -4.13. The summed E-state index contributed by atoms with van der Waals surface area (Å²) in [6, 6.07) is 14.0. The summed E-state index contributed by atoms with van der Waals surface area (Å²) in [7, 11) is 3.82. The summed E-state index contributed by atoms with van der Waals surface area (Å²) in [4.78, 5) is 23.4. The maximum Gasteiger partial charge on any atom is 0.573 e. The van der Waals surface area contributed by atoms with Crippen molar-refractivity contribution in [2.75, 3.05) is 24.3 Å². The van der Waals surface area contributed by atoms with Gasteiger partial charge >= 0.3 is 6.36 Å². The van der Waals surface area contributed by atoms with E-state index >= 15 is 0 Å². The first kappa shape index (κ1) is 25.0. The van der Waals surface area contributed by atoms with E-state index in [2.05, 4.69) is 30.3 Å². The first-order valence-corrected chi connectivity index (χ1v) is 11.5. The Balaban J connectivity index is 1.61. The van der Waals surface area contributed by atoms with Crippen LogP contribution in [0.1, 0.15) is 16.2 Å². The molecule has 0 fully saturated rings. The van der Waals surface area contributed by atoms with Crippen molar-refractivity contribution >= 4 is 29.0 Å². The van der Waals surface area contributed by atoms with E-state index in [0.717, 1.165) is 17.8 Å². The second-order valence-electron chi connectivity index (χ2n) is 7.55. The molecule has 2 heterocycles. The molecule has 0 unspecified atom stereocenters. The smallest absolute Gasteiger partial charge is 0.406 e. The fourth-order valence-corrected chi connectivity index (χ4v) is 3.93. The SMILES string of the molecule is CN(C)c1ccc(NC(=O)c2nnn(-c3ccc(OC(F)(F)F)cc3)c2CSc2ncccn2)cc1. The summed E-state index contributed by atoms with van der Waals surface area (Å²) >= 11 is 1.26. The number of halogens is 3. The average Bonchev–Trinajstić information content (AvgIpc) is 3.27. The highest BCUT2D eigenvalue weighted by molar-refractivity contribution is 7.98. The van der Waals surface area contributed by atoms with Crippen LogP contribution in [-0.2, 0) is 5.75 Å². The molecule has 0 saturated heterocycles. The van der Waals surface area contributed by atoms with E-state index in [0.29, 0.717) is 22.2 Å². The van der Waals surface area contributed by atoms with Gasteiger partial charge in [0.15, 0.2) is 10.9 Å². The molecule has 0 bridgehead atoms. The third-order valence-electron chi connectivity index (χ3n) is 4.81. The van der Waals surface area contributed by atoms with Gasteiger partial charge in [0.25, 0.3) is 5.91 Å². The van der Waals surface area contributed by atoms with Crippen LogP contribution >= 0.6 is 11.8 Å². The lowest BCUT2D eigenvalue weighted by Crippen LogP contribution is -2.17. The van der Waals surface area contributed by atoms with Crippen LogP contribution in [0.5, 0.6) is 5.75 Å². The highest BCUT2D eigenvalue weighted by Gasteiger charge is 2.31. The fourth-order valence-electron chi connectivity index (χ4n) is 3.13. The number of hydrogen-bond donors (Lipinski definition) is 1. The lowest BCUT2D eigenvalue weighted by atomic mass is 10.2. The highest BCUT2D eigenvalue weighted by atomic mass is 32.2. The monoisotopic (exact) mass is 515 g/mol. The third-order valence-corrected chi connectivity index (χ3v) is 5.70. The normalized spacial score (nSPS) is 11.2. The molecule has 0 radical (unpaired) electrons. The van der Waals surface area contributed by atoms with Gasteiger partial charge in [-0.2, -0.15) is 0 Å². The van der Waals surface area contributed by atoms with E-state index < -0.39 is 12.3 Å². The molecule has 0 saturated carbocycles. The molecule has 36 heavy (non-hydrogen) atoms. The fraction of sp³-hybridized carbons (Fsp3) is 0.174. The Morgan fingerprint density at radius 3 is 2.33 bits per heavy atom. The molecule has 1 amide bonds. The lowest BCUT2D eigenvalue weighted by Gasteiger charge is -2.13. The summed E-state index contributed by atoms with van der Waals surface area (Å²) in [6.45, 7) is 0. The van der Waals surface area contributed by atoms with Crippen molar-refractivity contribution in [1.29, 1.82) is 0 Å². The van der Waals surface area contributed by atoms with E-state index in [-0.39, 0.29) is 17.2 Å². The number of ether oxygens (including phenoxy) is 1. The van der Waals surface area contributed by atoms with Gasteiger partial charge in [0.2, 0.25) is 0 Å². The molecule has 2 aromatic heterocycles. The number of carbonyl (C=O) groups excluding carboxylic acids is 1. The molecule has 9 nitrogen and oxygen atoms in total. The number of thioether (sulfide) groups is 1. The zero-order chi connectivity index (χ0) is 25.7. The number of amides is 1. The molecular formula is C23H20F3N7O2S. The quantitative estimate of drug-likeness (QED) is 0.269. The van der Waals surface area contributed by atoms with Crippen LogP contribution in [0, 0.1) is 0 Å².